The van der Waals surface area contributed by atoms with Gasteiger partial charge in [0.25, 0.3) is 0 Å². The third-order valence-electron chi connectivity index (χ3n) is 10.9. The average molecular weight is 744 g/mol. The summed E-state index contributed by atoms with van der Waals surface area (Å²) in [5, 5.41) is 6.59. The van der Waals surface area contributed by atoms with Crippen molar-refractivity contribution in [2.24, 2.45) is 15.0 Å². The SMILES string of the molecule is C=NC(=NC(=NCc1ccccc1)c1ccc2ccc3ccccc3c2c1)c1cccc2oc3c(-c4ccc(-c5ccccc5)cc4-c4ccccc4)cccc3c12. The van der Waals surface area contributed by atoms with Crippen molar-refractivity contribution in [3.8, 4) is 33.4 Å². The minimum atomic E-state index is 0.465. The van der Waals surface area contributed by atoms with Crippen LogP contribution in [0.5, 0.6) is 0 Å². The minimum Gasteiger partial charge on any atom is -0.455 e. The van der Waals surface area contributed by atoms with E-state index in [9.17, 15) is 0 Å². The third kappa shape index (κ3) is 6.47. The van der Waals surface area contributed by atoms with Gasteiger partial charge in [-0.15, -0.1) is 0 Å². The van der Waals surface area contributed by atoms with Crippen LogP contribution in [0.2, 0.25) is 0 Å². The van der Waals surface area contributed by atoms with Gasteiger partial charge in [0.2, 0.25) is 0 Å². The van der Waals surface area contributed by atoms with Gasteiger partial charge in [-0.2, -0.15) is 0 Å². The molecule has 274 valence electrons. The lowest BCUT2D eigenvalue weighted by Crippen LogP contribution is -2.06. The molecule has 0 spiro atoms. The quantitative estimate of drug-likeness (QED) is 0.0911. The Morgan fingerprint density at radius 1 is 0.466 bits per heavy atom. The van der Waals surface area contributed by atoms with Crippen molar-refractivity contribution >= 4 is 61.9 Å². The molecule has 0 saturated carbocycles. The molecular formula is C54H37N3O. The van der Waals surface area contributed by atoms with Crippen LogP contribution in [0.1, 0.15) is 16.7 Å². The molecule has 10 rings (SSSR count). The van der Waals surface area contributed by atoms with E-state index in [2.05, 4.69) is 169 Å². The number of fused-ring (bicyclic) bond motifs is 6. The highest BCUT2D eigenvalue weighted by Gasteiger charge is 2.20. The number of para-hydroxylation sites is 1. The molecule has 10 aromatic rings. The standard InChI is InChI=1S/C54H37N3O/c1-55-54(57-53(56-35-36-15-5-2-6-16-36)42-30-29-40-28-27-39-21-11-12-22-43(39)48(40)34-42)47-25-14-26-50-51(47)46-24-13-23-45(52(46)58-50)44-32-31-41(37-17-7-3-8-18-37)33-49(44)38-19-9-4-10-20-38/h2-34H,1,35H2. The van der Waals surface area contributed by atoms with E-state index in [-0.39, 0.29) is 0 Å². The molecule has 1 heterocycles. The van der Waals surface area contributed by atoms with Crippen LogP contribution in [-0.4, -0.2) is 18.4 Å². The minimum absolute atomic E-state index is 0.465. The highest BCUT2D eigenvalue weighted by atomic mass is 16.3. The molecule has 58 heavy (non-hydrogen) atoms. The van der Waals surface area contributed by atoms with Gasteiger partial charge in [-0.1, -0.05) is 182 Å². The fraction of sp³-hybridized carbons (Fsp3) is 0.0185. The van der Waals surface area contributed by atoms with Gasteiger partial charge >= 0.3 is 0 Å². The summed E-state index contributed by atoms with van der Waals surface area (Å²) in [4.78, 5) is 15.0. The van der Waals surface area contributed by atoms with Gasteiger partial charge in [-0.25, -0.2) is 9.98 Å². The van der Waals surface area contributed by atoms with E-state index >= 15 is 0 Å². The molecule has 0 bridgehead atoms. The number of rotatable bonds is 7. The summed E-state index contributed by atoms with van der Waals surface area (Å²) in [6.45, 7) is 4.51. The van der Waals surface area contributed by atoms with E-state index in [4.69, 9.17) is 14.4 Å². The Bertz CT molecular complexity index is 3200. The van der Waals surface area contributed by atoms with Gasteiger partial charge in [-0.3, -0.25) is 4.99 Å². The van der Waals surface area contributed by atoms with Crippen molar-refractivity contribution in [1.82, 2.24) is 0 Å². The van der Waals surface area contributed by atoms with Crippen LogP contribution in [0, 0.1) is 0 Å². The predicted molar refractivity (Wildman–Crippen MR) is 244 cm³/mol. The Kier molecular flexibility index (Phi) is 9.05. The van der Waals surface area contributed by atoms with Gasteiger partial charge in [0, 0.05) is 27.5 Å². The van der Waals surface area contributed by atoms with E-state index in [1.807, 2.05) is 42.5 Å². The molecular weight excluding hydrogens is 707 g/mol. The number of benzene rings is 9. The zero-order valence-electron chi connectivity index (χ0n) is 31.7. The molecule has 0 aliphatic heterocycles. The van der Waals surface area contributed by atoms with E-state index in [1.165, 1.54) is 16.3 Å². The molecule has 0 unspecified atom stereocenters. The molecule has 1 aromatic heterocycles. The summed E-state index contributed by atoms with van der Waals surface area (Å²) in [5.74, 6) is 1.05. The Balaban J connectivity index is 1.14. The first kappa shape index (κ1) is 34.8. The molecule has 0 N–H and O–H groups in total. The second kappa shape index (κ2) is 15.1. The molecule has 4 heteroatoms. The van der Waals surface area contributed by atoms with Gasteiger partial charge in [0.1, 0.15) is 11.2 Å². The Labute approximate surface area is 336 Å². The number of aliphatic imine (C=N–C) groups is 3. The number of hydrogen-bond donors (Lipinski definition) is 0. The van der Waals surface area contributed by atoms with E-state index < -0.39 is 0 Å². The lowest BCUT2D eigenvalue weighted by Gasteiger charge is -2.13. The highest BCUT2D eigenvalue weighted by molar-refractivity contribution is 6.23. The normalized spacial score (nSPS) is 12.1. The van der Waals surface area contributed by atoms with Crippen LogP contribution in [0.3, 0.4) is 0 Å². The first-order valence-electron chi connectivity index (χ1n) is 19.5. The first-order valence-corrected chi connectivity index (χ1v) is 19.5. The zero-order chi connectivity index (χ0) is 38.8. The third-order valence-corrected chi connectivity index (χ3v) is 10.9. The summed E-state index contributed by atoms with van der Waals surface area (Å²) in [6, 6.07) is 69.7. The lowest BCUT2D eigenvalue weighted by molar-refractivity contribution is 0.670. The van der Waals surface area contributed by atoms with Crippen molar-refractivity contribution in [3.05, 3.63) is 217 Å². The number of amidine groups is 2. The molecule has 0 aliphatic rings. The van der Waals surface area contributed by atoms with Crippen molar-refractivity contribution in [2.45, 2.75) is 6.54 Å². The molecule has 0 radical (unpaired) electrons. The monoisotopic (exact) mass is 743 g/mol. The predicted octanol–water partition coefficient (Wildman–Crippen LogP) is 14.0. The summed E-state index contributed by atoms with van der Waals surface area (Å²) in [6.07, 6.45) is 0. The maximum absolute atomic E-state index is 6.82. The van der Waals surface area contributed by atoms with Crippen molar-refractivity contribution < 1.29 is 4.42 Å². The average Bonchev–Trinajstić information content (AvgIpc) is 3.69. The second-order valence-electron chi connectivity index (χ2n) is 14.4. The lowest BCUT2D eigenvalue weighted by atomic mass is 9.90. The Morgan fingerprint density at radius 2 is 1.14 bits per heavy atom. The molecule has 0 saturated heterocycles. The number of nitrogens with zero attached hydrogens (tertiary/aromatic N) is 3. The van der Waals surface area contributed by atoms with Crippen LogP contribution >= 0.6 is 0 Å². The maximum atomic E-state index is 6.82. The van der Waals surface area contributed by atoms with E-state index in [0.29, 0.717) is 18.2 Å². The first-order chi connectivity index (χ1) is 28.7. The fourth-order valence-electron chi connectivity index (χ4n) is 8.06. The van der Waals surface area contributed by atoms with Gasteiger partial charge in [0.05, 0.1) is 6.54 Å². The second-order valence-corrected chi connectivity index (χ2v) is 14.4. The van der Waals surface area contributed by atoms with Crippen LogP contribution in [0.15, 0.2) is 220 Å². The summed E-state index contributed by atoms with van der Waals surface area (Å²) < 4.78 is 6.82. The van der Waals surface area contributed by atoms with Crippen molar-refractivity contribution in [3.63, 3.8) is 0 Å². The summed E-state index contributed by atoms with van der Waals surface area (Å²) in [7, 11) is 0. The van der Waals surface area contributed by atoms with Gasteiger partial charge < -0.3 is 4.42 Å². The van der Waals surface area contributed by atoms with Crippen LogP contribution in [0.25, 0.3) is 76.9 Å². The fourth-order valence-corrected chi connectivity index (χ4v) is 8.06. The summed E-state index contributed by atoms with van der Waals surface area (Å²) >= 11 is 0. The van der Waals surface area contributed by atoms with Crippen LogP contribution in [-0.2, 0) is 6.54 Å². The van der Waals surface area contributed by atoms with Gasteiger partial charge in [0.15, 0.2) is 11.7 Å². The molecule has 0 amide bonds. The molecule has 0 atom stereocenters. The number of hydrogen-bond acceptors (Lipinski definition) is 2. The topological polar surface area (TPSA) is 50.2 Å². The number of furan rings is 1. The van der Waals surface area contributed by atoms with Gasteiger partial charge in [-0.05, 0) is 79.8 Å². The molecule has 0 aliphatic carbocycles. The molecule has 0 fully saturated rings. The smallest absolute Gasteiger partial charge is 0.161 e. The summed E-state index contributed by atoms with van der Waals surface area (Å²) in [5.41, 5.74) is 11.1. The van der Waals surface area contributed by atoms with E-state index in [0.717, 1.165) is 77.2 Å². The van der Waals surface area contributed by atoms with Crippen LogP contribution < -0.4 is 0 Å². The Hall–Kier alpha value is -7.69. The van der Waals surface area contributed by atoms with Crippen LogP contribution in [0.4, 0.5) is 0 Å². The molecule has 9 aromatic carbocycles. The maximum Gasteiger partial charge on any atom is 0.161 e. The largest absolute Gasteiger partial charge is 0.455 e. The van der Waals surface area contributed by atoms with E-state index in [1.54, 1.807) is 0 Å². The highest BCUT2D eigenvalue weighted by Crippen LogP contribution is 2.42. The van der Waals surface area contributed by atoms with Crippen molar-refractivity contribution in [2.75, 3.05) is 0 Å². The van der Waals surface area contributed by atoms with Crippen molar-refractivity contribution in [1.29, 1.82) is 0 Å². The zero-order valence-corrected chi connectivity index (χ0v) is 31.7. The Morgan fingerprint density at radius 3 is 1.93 bits per heavy atom. The molecule has 4 nitrogen and oxygen atoms in total.